The Morgan fingerprint density at radius 1 is 1.21 bits per heavy atom. The largest absolute Gasteiger partial charge is 0.455 e. The van der Waals surface area contributed by atoms with E-state index in [0.29, 0.717) is 22.2 Å². The highest BCUT2D eigenvalue weighted by Gasteiger charge is 2.32. The third-order valence-electron chi connectivity index (χ3n) is 6.21. The van der Waals surface area contributed by atoms with Crippen LogP contribution in [0.5, 0.6) is 5.88 Å². The molecule has 8 heteroatoms. The number of nitrogens with zero attached hydrogens (tertiary/aromatic N) is 4. The third-order valence-corrected chi connectivity index (χ3v) is 6.52. The lowest BCUT2D eigenvalue weighted by atomic mass is 9.78. The third kappa shape index (κ3) is 3.92. The number of aryl methyl sites for hydroxylation is 1. The molecule has 2 aromatic carbocycles. The number of ether oxygens (including phenoxy) is 1. The highest BCUT2D eigenvalue weighted by Crippen LogP contribution is 2.36. The fraction of sp³-hybridized carbons (Fsp3) is 0.320. The lowest BCUT2D eigenvalue weighted by Crippen LogP contribution is -2.40. The molecule has 0 saturated carbocycles. The molecular formula is C25H26ClN5O2. The number of fused-ring (bicyclic) bond motifs is 2. The Labute approximate surface area is 198 Å². The maximum Gasteiger partial charge on any atom is 0.268 e. The number of halogens is 1. The van der Waals surface area contributed by atoms with Crippen molar-refractivity contribution in [2.75, 3.05) is 30.5 Å². The highest BCUT2D eigenvalue weighted by molar-refractivity contribution is 6.34. The van der Waals surface area contributed by atoms with Gasteiger partial charge in [0.25, 0.3) is 5.91 Å². The number of rotatable bonds is 3. The summed E-state index contributed by atoms with van der Waals surface area (Å²) in [6.07, 6.45) is 1.50. The van der Waals surface area contributed by atoms with Crippen LogP contribution in [-0.4, -0.2) is 41.1 Å². The average Bonchev–Trinajstić information content (AvgIpc) is 2.74. The van der Waals surface area contributed by atoms with Gasteiger partial charge in [0.05, 0.1) is 10.7 Å². The van der Waals surface area contributed by atoms with Gasteiger partial charge in [0.2, 0.25) is 11.8 Å². The number of carbonyl (C=O) groups is 1. The van der Waals surface area contributed by atoms with Crippen molar-refractivity contribution < 1.29 is 9.53 Å². The lowest BCUT2D eigenvalue weighted by molar-refractivity contribution is 0.0932. The van der Waals surface area contributed by atoms with Gasteiger partial charge in [-0.25, -0.2) is 4.98 Å². The number of likely N-dealkylation sites (N-methyl/N-ethyl adjacent to an activating group) is 1. The molecule has 170 valence electrons. The molecule has 0 unspecified atom stereocenters. The van der Waals surface area contributed by atoms with Crippen molar-refractivity contribution in [3.63, 3.8) is 0 Å². The molecule has 33 heavy (non-hydrogen) atoms. The summed E-state index contributed by atoms with van der Waals surface area (Å²) in [5.41, 5.74) is 5.48. The van der Waals surface area contributed by atoms with E-state index in [4.69, 9.17) is 16.3 Å². The molecule has 1 aromatic heterocycles. The molecule has 0 bridgehead atoms. The summed E-state index contributed by atoms with van der Waals surface area (Å²) in [6, 6.07) is 11.9. The van der Waals surface area contributed by atoms with E-state index in [1.165, 1.54) is 22.2 Å². The van der Waals surface area contributed by atoms with E-state index in [9.17, 15) is 4.79 Å². The van der Waals surface area contributed by atoms with Crippen molar-refractivity contribution in [1.29, 1.82) is 0 Å². The summed E-state index contributed by atoms with van der Waals surface area (Å²) in [7, 11) is 2.14. The van der Waals surface area contributed by atoms with Crippen LogP contribution in [0.3, 0.4) is 0 Å². The highest BCUT2D eigenvalue weighted by atomic mass is 35.5. The van der Waals surface area contributed by atoms with Crippen LogP contribution in [0.2, 0.25) is 5.02 Å². The molecule has 1 amide bonds. The van der Waals surface area contributed by atoms with E-state index < -0.39 is 0 Å². The molecule has 0 radical (unpaired) electrons. The molecule has 0 spiro atoms. The normalized spacial score (nSPS) is 17.2. The molecule has 1 N–H and O–H groups in total. The van der Waals surface area contributed by atoms with Gasteiger partial charge < -0.3 is 15.0 Å². The molecular weight excluding hydrogens is 438 g/mol. The van der Waals surface area contributed by atoms with Gasteiger partial charge in [-0.1, -0.05) is 43.6 Å². The minimum atomic E-state index is -0.238. The molecule has 0 aliphatic carbocycles. The maximum absolute atomic E-state index is 13.1. The van der Waals surface area contributed by atoms with E-state index in [2.05, 4.69) is 53.2 Å². The fourth-order valence-electron chi connectivity index (χ4n) is 4.84. The smallest absolute Gasteiger partial charge is 0.268 e. The number of hydrogen-bond acceptors (Lipinski definition) is 6. The first-order valence-electron chi connectivity index (χ1n) is 10.9. The number of para-hydroxylation sites is 1. The van der Waals surface area contributed by atoms with Crippen LogP contribution in [-0.2, 0) is 12.0 Å². The van der Waals surface area contributed by atoms with Gasteiger partial charge in [-0.3, -0.25) is 9.69 Å². The molecule has 5 rings (SSSR count). The molecule has 2 aliphatic rings. The van der Waals surface area contributed by atoms with Crippen molar-refractivity contribution in [1.82, 2.24) is 14.9 Å². The summed E-state index contributed by atoms with van der Waals surface area (Å²) in [6.45, 7) is 8.40. The second-order valence-corrected chi connectivity index (χ2v) is 9.78. The number of amides is 1. The SMILES string of the molecule is Cc1cccc(Cl)c1N1COc2nc(Nc3ccc4c(c3)CN(C)CC4(C)C)ncc2C1=O. The molecule has 0 atom stereocenters. The van der Waals surface area contributed by atoms with Gasteiger partial charge in [0.1, 0.15) is 5.56 Å². The van der Waals surface area contributed by atoms with E-state index in [-0.39, 0.29) is 23.9 Å². The summed E-state index contributed by atoms with van der Waals surface area (Å²) < 4.78 is 5.83. The van der Waals surface area contributed by atoms with Gasteiger partial charge in [-0.15, -0.1) is 0 Å². The van der Waals surface area contributed by atoms with Crippen LogP contribution in [0.1, 0.15) is 40.9 Å². The standard InChI is InChI=1S/C25H26ClN5O2/c1-15-6-5-7-20(26)21(15)31-14-33-22-18(23(31)32)11-27-24(29-22)28-17-8-9-19-16(10-17)12-30(4)13-25(19,2)3/h5-11H,12-14H2,1-4H3,(H,27,28,29). The van der Waals surface area contributed by atoms with E-state index in [0.717, 1.165) is 24.3 Å². The zero-order chi connectivity index (χ0) is 23.3. The van der Waals surface area contributed by atoms with Crippen LogP contribution >= 0.6 is 11.6 Å². The van der Waals surface area contributed by atoms with Crippen molar-refractivity contribution in [2.24, 2.45) is 0 Å². The predicted octanol–water partition coefficient (Wildman–Crippen LogP) is 4.90. The molecule has 0 fully saturated rings. The number of anilines is 3. The van der Waals surface area contributed by atoms with Crippen LogP contribution in [0.4, 0.5) is 17.3 Å². The summed E-state index contributed by atoms with van der Waals surface area (Å²) >= 11 is 6.35. The van der Waals surface area contributed by atoms with E-state index >= 15 is 0 Å². The Balaban J connectivity index is 1.40. The Hall–Kier alpha value is -3.16. The quantitative estimate of drug-likeness (QED) is 0.595. The zero-order valence-corrected chi connectivity index (χ0v) is 19.9. The summed E-state index contributed by atoms with van der Waals surface area (Å²) in [4.78, 5) is 25.8. The number of benzene rings is 2. The Kier molecular flexibility index (Phi) is 5.26. The van der Waals surface area contributed by atoms with E-state index in [1.54, 1.807) is 6.07 Å². The van der Waals surface area contributed by atoms with Crippen LogP contribution in [0.15, 0.2) is 42.6 Å². The van der Waals surface area contributed by atoms with Crippen LogP contribution in [0.25, 0.3) is 0 Å². The molecule has 3 heterocycles. The minimum Gasteiger partial charge on any atom is -0.455 e. The molecule has 0 saturated heterocycles. The minimum absolute atomic E-state index is 0.0348. The Morgan fingerprint density at radius 3 is 2.82 bits per heavy atom. The van der Waals surface area contributed by atoms with Crippen molar-refractivity contribution in [3.8, 4) is 5.88 Å². The number of carbonyl (C=O) groups excluding carboxylic acids is 1. The van der Waals surface area contributed by atoms with Crippen LogP contribution < -0.4 is 15.0 Å². The van der Waals surface area contributed by atoms with Gasteiger partial charge >= 0.3 is 0 Å². The lowest BCUT2D eigenvalue weighted by Gasteiger charge is -2.38. The molecule has 2 aliphatic heterocycles. The number of hydrogen-bond donors (Lipinski definition) is 1. The Morgan fingerprint density at radius 2 is 2.03 bits per heavy atom. The topological polar surface area (TPSA) is 70.6 Å². The van der Waals surface area contributed by atoms with Gasteiger partial charge in [0.15, 0.2) is 6.73 Å². The van der Waals surface area contributed by atoms with Gasteiger partial charge in [-0.05, 0) is 48.9 Å². The van der Waals surface area contributed by atoms with Gasteiger partial charge in [0, 0.05) is 30.4 Å². The number of nitrogens with one attached hydrogen (secondary N) is 1. The first-order valence-corrected chi connectivity index (χ1v) is 11.3. The zero-order valence-electron chi connectivity index (χ0n) is 19.1. The average molecular weight is 464 g/mol. The predicted molar refractivity (Wildman–Crippen MR) is 130 cm³/mol. The number of aromatic nitrogens is 2. The second kappa shape index (κ2) is 8.01. The van der Waals surface area contributed by atoms with Crippen molar-refractivity contribution in [2.45, 2.75) is 32.7 Å². The second-order valence-electron chi connectivity index (χ2n) is 9.38. The summed E-state index contributed by atoms with van der Waals surface area (Å²) in [5, 5.41) is 3.75. The summed E-state index contributed by atoms with van der Waals surface area (Å²) in [5.74, 6) is 0.405. The van der Waals surface area contributed by atoms with Gasteiger partial charge in [-0.2, -0.15) is 4.98 Å². The van der Waals surface area contributed by atoms with Crippen molar-refractivity contribution >= 4 is 34.8 Å². The first-order chi connectivity index (χ1) is 15.7. The monoisotopic (exact) mass is 463 g/mol. The molecule has 3 aromatic rings. The molecule has 7 nitrogen and oxygen atoms in total. The maximum atomic E-state index is 13.1. The van der Waals surface area contributed by atoms with Crippen molar-refractivity contribution in [3.05, 3.63) is 69.9 Å². The van der Waals surface area contributed by atoms with Crippen LogP contribution in [0, 0.1) is 6.92 Å². The fourth-order valence-corrected chi connectivity index (χ4v) is 5.17. The Bertz CT molecular complexity index is 1240. The first kappa shape index (κ1) is 21.7. The van der Waals surface area contributed by atoms with E-state index in [1.807, 2.05) is 25.1 Å².